The van der Waals surface area contributed by atoms with Crippen LogP contribution in [0.25, 0.3) is 0 Å². The number of nitrogens with one attached hydrogen (secondary N) is 3. The van der Waals surface area contributed by atoms with Crippen LogP contribution in [-0.4, -0.2) is 38.7 Å². The second-order valence-corrected chi connectivity index (χ2v) is 10.8. The van der Waals surface area contributed by atoms with Gasteiger partial charge in [0.2, 0.25) is 0 Å². The smallest absolute Gasteiger partial charge is 0.315 e. The molecule has 6 heteroatoms. The number of carbonyl (C=O) groups excluding carboxylic acids is 1. The van der Waals surface area contributed by atoms with Crippen LogP contribution in [0.15, 0.2) is 6.20 Å². The van der Waals surface area contributed by atoms with Gasteiger partial charge < -0.3 is 20.5 Å². The summed E-state index contributed by atoms with van der Waals surface area (Å²) in [5.41, 5.74) is 1.24. The van der Waals surface area contributed by atoms with Gasteiger partial charge in [-0.25, -0.2) is 9.78 Å². The van der Waals surface area contributed by atoms with Crippen molar-refractivity contribution in [2.75, 3.05) is 0 Å². The molecule has 0 saturated carbocycles. The summed E-state index contributed by atoms with van der Waals surface area (Å²) in [6.45, 7) is 16.2. The number of hydrogen-bond donors (Lipinski definition) is 3. The first-order chi connectivity index (χ1) is 12.3. The Labute approximate surface area is 163 Å². The lowest BCUT2D eigenvalue weighted by molar-refractivity contribution is 0.146. The van der Waals surface area contributed by atoms with Crippen molar-refractivity contribution in [1.29, 1.82) is 0 Å². The minimum absolute atomic E-state index is 0.0274. The average molecular weight is 376 g/mol. The molecule has 0 aliphatic carbocycles. The SMILES string of the molecule is CC1(C)CC(NC(=O)NC2CCc3nc(C(C)(C)C)cn3C2)CC(C)(C)N1. The maximum Gasteiger partial charge on any atom is 0.315 e. The molecule has 3 rings (SSSR count). The third-order valence-electron chi connectivity index (χ3n) is 5.62. The zero-order valence-electron chi connectivity index (χ0n) is 18.1. The van der Waals surface area contributed by atoms with Crippen molar-refractivity contribution in [3.8, 4) is 0 Å². The molecule has 0 bridgehead atoms. The standard InChI is InChI=1S/C21H37N5O/c1-19(2,3)16-13-26-12-14(8-9-17(26)24-16)22-18(27)23-15-10-20(4,5)25-21(6,7)11-15/h13-15,25H,8-12H2,1-7H3,(H2,22,23,27). The zero-order valence-corrected chi connectivity index (χ0v) is 18.1. The van der Waals surface area contributed by atoms with Crippen molar-refractivity contribution >= 4 is 6.03 Å². The monoisotopic (exact) mass is 375 g/mol. The number of aromatic nitrogens is 2. The van der Waals surface area contributed by atoms with Crippen LogP contribution in [0, 0.1) is 0 Å². The number of imidazole rings is 1. The molecule has 6 nitrogen and oxygen atoms in total. The quantitative estimate of drug-likeness (QED) is 0.744. The fourth-order valence-corrected chi connectivity index (χ4v) is 4.76. The summed E-state index contributed by atoms with van der Waals surface area (Å²) in [7, 11) is 0. The van der Waals surface area contributed by atoms with Crippen LogP contribution in [-0.2, 0) is 18.4 Å². The second-order valence-electron chi connectivity index (χ2n) is 10.8. The fourth-order valence-electron chi connectivity index (χ4n) is 4.76. The van der Waals surface area contributed by atoms with Crippen LogP contribution in [0.3, 0.4) is 0 Å². The van der Waals surface area contributed by atoms with Gasteiger partial charge in [0, 0.05) is 47.7 Å². The van der Waals surface area contributed by atoms with Gasteiger partial charge in [0.15, 0.2) is 0 Å². The van der Waals surface area contributed by atoms with E-state index in [1.54, 1.807) is 0 Å². The highest BCUT2D eigenvalue weighted by Crippen LogP contribution is 2.28. The van der Waals surface area contributed by atoms with E-state index in [1.165, 1.54) is 0 Å². The molecule has 3 heterocycles. The van der Waals surface area contributed by atoms with Gasteiger partial charge in [-0.1, -0.05) is 20.8 Å². The molecule has 2 aliphatic rings. The topological polar surface area (TPSA) is 71.0 Å². The van der Waals surface area contributed by atoms with Crippen LogP contribution in [0.1, 0.15) is 79.2 Å². The van der Waals surface area contributed by atoms with Crippen LogP contribution >= 0.6 is 0 Å². The maximum absolute atomic E-state index is 12.6. The first-order valence-corrected chi connectivity index (χ1v) is 10.3. The van der Waals surface area contributed by atoms with Gasteiger partial charge in [-0.2, -0.15) is 0 Å². The van der Waals surface area contributed by atoms with Crippen molar-refractivity contribution < 1.29 is 4.79 Å². The van der Waals surface area contributed by atoms with E-state index >= 15 is 0 Å². The number of fused-ring (bicyclic) bond motifs is 1. The first kappa shape index (κ1) is 20.2. The van der Waals surface area contributed by atoms with E-state index in [-0.39, 0.29) is 34.6 Å². The van der Waals surface area contributed by atoms with E-state index in [1.807, 2.05) is 0 Å². The zero-order chi connectivity index (χ0) is 20.0. The van der Waals surface area contributed by atoms with Crippen LogP contribution in [0.2, 0.25) is 0 Å². The Balaban J connectivity index is 1.57. The van der Waals surface area contributed by atoms with Crippen molar-refractivity contribution in [2.24, 2.45) is 0 Å². The lowest BCUT2D eigenvalue weighted by Gasteiger charge is -2.46. The predicted octanol–water partition coefficient (Wildman–Crippen LogP) is 3.10. The Kier molecular flexibility index (Phi) is 5.08. The third kappa shape index (κ3) is 5.03. The summed E-state index contributed by atoms with van der Waals surface area (Å²) < 4.78 is 2.21. The molecular formula is C21H37N5O. The molecule has 152 valence electrons. The van der Waals surface area contributed by atoms with Crippen molar-refractivity contribution in [3.05, 3.63) is 17.7 Å². The van der Waals surface area contributed by atoms with Gasteiger partial charge in [0.05, 0.1) is 5.69 Å². The third-order valence-corrected chi connectivity index (χ3v) is 5.62. The van der Waals surface area contributed by atoms with E-state index in [0.717, 1.165) is 43.7 Å². The molecule has 0 spiro atoms. The predicted molar refractivity (Wildman–Crippen MR) is 109 cm³/mol. The Hall–Kier alpha value is -1.56. The van der Waals surface area contributed by atoms with Gasteiger partial charge in [-0.15, -0.1) is 0 Å². The molecule has 0 aromatic carbocycles. The Morgan fingerprint density at radius 1 is 1.15 bits per heavy atom. The largest absolute Gasteiger partial charge is 0.335 e. The summed E-state index contributed by atoms with van der Waals surface area (Å²) in [5, 5.41) is 10.1. The molecular weight excluding hydrogens is 338 g/mol. The van der Waals surface area contributed by atoms with E-state index in [9.17, 15) is 4.79 Å². The average Bonchev–Trinajstić information content (AvgIpc) is 2.86. The number of rotatable bonds is 2. The molecule has 0 radical (unpaired) electrons. The first-order valence-electron chi connectivity index (χ1n) is 10.3. The minimum atomic E-state index is -0.0434. The van der Waals surface area contributed by atoms with E-state index in [4.69, 9.17) is 4.98 Å². The number of carbonyl (C=O) groups is 1. The molecule has 1 unspecified atom stereocenters. The highest BCUT2D eigenvalue weighted by atomic mass is 16.2. The summed E-state index contributed by atoms with van der Waals surface area (Å²) in [6, 6.07) is 0.302. The van der Waals surface area contributed by atoms with Crippen molar-refractivity contribution in [3.63, 3.8) is 0 Å². The summed E-state index contributed by atoms with van der Waals surface area (Å²) in [6.07, 6.45) is 5.88. The molecule has 1 aromatic rings. The van der Waals surface area contributed by atoms with Gasteiger partial charge in [-0.3, -0.25) is 0 Å². The highest BCUT2D eigenvalue weighted by Gasteiger charge is 2.38. The lowest BCUT2D eigenvalue weighted by Crippen LogP contribution is -2.63. The number of amides is 2. The van der Waals surface area contributed by atoms with E-state index < -0.39 is 0 Å². The molecule has 1 atom stereocenters. The Morgan fingerprint density at radius 2 is 1.74 bits per heavy atom. The van der Waals surface area contributed by atoms with Gasteiger partial charge in [-0.05, 0) is 47.0 Å². The number of hydrogen-bond acceptors (Lipinski definition) is 3. The maximum atomic E-state index is 12.6. The molecule has 2 aliphatic heterocycles. The highest BCUT2D eigenvalue weighted by molar-refractivity contribution is 5.74. The van der Waals surface area contributed by atoms with E-state index in [2.05, 4.69) is 75.2 Å². The van der Waals surface area contributed by atoms with E-state index in [0.29, 0.717) is 0 Å². The Morgan fingerprint density at radius 3 is 2.33 bits per heavy atom. The normalized spacial score (nSPS) is 24.9. The number of nitrogens with zero attached hydrogens (tertiary/aromatic N) is 2. The molecule has 1 fully saturated rings. The molecule has 3 N–H and O–H groups in total. The van der Waals surface area contributed by atoms with Crippen LogP contribution < -0.4 is 16.0 Å². The summed E-state index contributed by atoms with van der Waals surface area (Å²) >= 11 is 0. The summed E-state index contributed by atoms with van der Waals surface area (Å²) in [5.74, 6) is 1.14. The Bertz CT molecular complexity index is 682. The molecule has 1 aromatic heterocycles. The molecule has 1 saturated heterocycles. The second kappa shape index (κ2) is 6.80. The lowest BCUT2D eigenvalue weighted by atomic mass is 9.80. The van der Waals surface area contributed by atoms with Gasteiger partial charge in [0.25, 0.3) is 0 Å². The fraction of sp³-hybridized carbons (Fsp3) is 0.810. The number of aryl methyl sites for hydroxylation is 1. The van der Waals surface area contributed by atoms with Gasteiger partial charge in [0.1, 0.15) is 5.82 Å². The minimum Gasteiger partial charge on any atom is -0.335 e. The molecule has 2 amide bonds. The van der Waals surface area contributed by atoms with Crippen LogP contribution in [0.5, 0.6) is 0 Å². The van der Waals surface area contributed by atoms with Crippen molar-refractivity contribution in [1.82, 2.24) is 25.5 Å². The molecule has 27 heavy (non-hydrogen) atoms. The summed E-state index contributed by atoms with van der Waals surface area (Å²) in [4.78, 5) is 17.4. The van der Waals surface area contributed by atoms with Crippen molar-refractivity contribution in [2.45, 2.75) is 109 Å². The van der Waals surface area contributed by atoms with Crippen LogP contribution in [0.4, 0.5) is 4.79 Å². The van der Waals surface area contributed by atoms with Gasteiger partial charge >= 0.3 is 6.03 Å². The number of piperidine rings is 1. The number of urea groups is 1.